The number of nitrogens with zero attached hydrogens (tertiary/aromatic N) is 1. The first-order chi connectivity index (χ1) is 10.7. The van der Waals surface area contributed by atoms with E-state index in [0.717, 1.165) is 29.9 Å². The van der Waals surface area contributed by atoms with Crippen molar-refractivity contribution in [3.05, 3.63) is 40.4 Å². The summed E-state index contributed by atoms with van der Waals surface area (Å²) in [5.74, 6) is 1.48. The van der Waals surface area contributed by atoms with E-state index in [1.807, 2.05) is 24.3 Å². The monoisotopic (exact) mass is 316 g/mol. The summed E-state index contributed by atoms with van der Waals surface area (Å²) in [6.07, 6.45) is 2.47. The van der Waals surface area contributed by atoms with Crippen LogP contribution in [0.15, 0.2) is 34.9 Å². The van der Waals surface area contributed by atoms with Gasteiger partial charge in [-0.1, -0.05) is 25.5 Å². The second kappa shape index (κ2) is 7.90. The zero-order chi connectivity index (χ0) is 15.9. The number of thioether (sulfide) groups is 1. The van der Waals surface area contributed by atoms with Gasteiger partial charge >= 0.3 is 0 Å². The maximum absolute atomic E-state index is 12.0. The maximum Gasteiger partial charge on any atom is 0.225 e. The van der Waals surface area contributed by atoms with Crippen LogP contribution in [0.1, 0.15) is 37.7 Å². The van der Waals surface area contributed by atoms with Crippen molar-refractivity contribution in [1.29, 1.82) is 5.26 Å². The minimum absolute atomic E-state index is 0.0289. The zero-order valence-electron chi connectivity index (χ0n) is 12.9. The lowest BCUT2D eigenvalue weighted by molar-refractivity contribution is -0.120. The lowest BCUT2D eigenvalue weighted by Gasteiger charge is -2.25. The predicted octanol–water partition coefficient (Wildman–Crippen LogP) is 3.57. The number of nitriles is 1. The fraction of sp³-hybridized carbons (Fsp3) is 0.412. The van der Waals surface area contributed by atoms with E-state index in [1.165, 1.54) is 0 Å². The smallest absolute Gasteiger partial charge is 0.225 e. The zero-order valence-corrected chi connectivity index (χ0v) is 13.7. The maximum atomic E-state index is 12.0. The van der Waals surface area contributed by atoms with Crippen LogP contribution in [-0.4, -0.2) is 18.8 Å². The molecule has 1 amide bonds. The Labute approximate surface area is 135 Å². The topological polar surface area (TPSA) is 62.1 Å². The third-order valence-corrected chi connectivity index (χ3v) is 4.72. The number of carbonyl (C=O) groups excluding carboxylic acids is 1. The first-order valence-electron chi connectivity index (χ1n) is 7.40. The molecule has 1 aliphatic rings. The van der Waals surface area contributed by atoms with Gasteiger partial charge in [-0.3, -0.25) is 4.79 Å². The fourth-order valence-corrected chi connectivity index (χ4v) is 3.54. The van der Waals surface area contributed by atoms with Crippen molar-refractivity contribution < 1.29 is 9.53 Å². The number of nitrogens with one attached hydrogen (secondary N) is 1. The molecule has 1 aromatic carbocycles. The second-order valence-electron chi connectivity index (χ2n) is 5.13. The normalized spacial score (nSPS) is 17.9. The summed E-state index contributed by atoms with van der Waals surface area (Å²) in [6.45, 7) is 2.12. The number of hydrogen-bond donors (Lipinski definition) is 1. The van der Waals surface area contributed by atoms with Gasteiger partial charge in [-0.05, 0) is 29.9 Å². The van der Waals surface area contributed by atoms with Gasteiger partial charge < -0.3 is 10.1 Å². The van der Waals surface area contributed by atoms with E-state index in [2.05, 4.69) is 18.3 Å². The van der Waals surface area contributed by atoms with Gasteiger partial charge in [-0.2, -0.15) is 5.26 Å². The Morgan fingerprint density at radius 3 is 2.73 bits per heavy atom. The van der Waals surface area contributed by atoms with Crippen molar-refractivity contribution in [2.75, 3.05) is 12.9 Å². The highest BCUT2D eigenvalue weighted by atomic mass is 32.2. The van der Waals surface area contributed by atoms with Crippen molar-refractivity contribution in [3.63, 3.8) is 0 Å². The Hall–Kier alpha value is -1.93. The lowest BCUT2D eigenvalue weighted by Crippen LogP contribution is -2.30. The molecule has 1 N–H and O–H groups in total. The van der Waals surface area contributed by atoms with E-state index >= 15 is 0 Å². The minimum Gasteiger partial charge on any atom is -0.497 e. The van der Waals surface area contributed by atoms with E-state index in [0.29, 0.717) is 17.0 Å². The molecule has 0 spiro atoms. The molecular formula is C17H20N2O2S. The van der Waals surface area contributed by atoms with Crippen molar-refractivity contribution >= 4 is 17.7 Å². The summed E-state index contributed by atoms with van der Waals surface area (Å²) in [6, 6.07) is 9.86. The van der Waals surface area contributed by atoms with Gasteiger partial charge in [-0.25, -0.2) is 0 Å². The van der Waals surface area contributed by atoms with E-state index in [1.54, 1.807) is 18.9 Å². The van der Waals surface area contributed by atoms with Crippen LogP contribution in [0.5, 0.6) is 5.75 Å². The Bertz CT molecular complexity index is 602. The average Bonchev–Trinajstić information content (AvgIpc) is 2.54. The standard InChI is InChI=1S/C17H20N2O2S/c1-3-4-9-22-17-15(11-18)14(10-16(20)19-17)12-5-7-13(21-2)8-6-12/h5-8,14H,3-4,9-10H2,1-2H3,(H,19,20)/t14-/m0/s1. The molecule has 4 nitrogen and oxygen atoms in total. The Morgan fingerprint density at radius 2 is 2.14 bits per heavy atom. The molecule has 5 heteroatoms. The van der Waals surface area contributed by atoms with Crippen LogP contribution >= 0.6 is 11.8 Å². The number of rotatable bonds is 6. The molecule has 22 heavy (non-hydrogen) atoms. The SMILES string of the molecule is CCCCSC1=C(C#N)[C@H](c2ccc(OC)cc2)CC(=O)N1. The lowest BCUT2D eigenvalue weighted by atomic mass is 9.87. The quantitative estimate of drug-likeness (QED) is 0.815. The van der Waals surface area contributed by atoms with Crippen molar-refractivity contribution in [3.8, 4) is 11.8 Å². The summed E-state index contributed by atoms with van der Waals surface area (Å²) in [4.78, 5) is 12.0. The van der Waals surface area contributed by atoms with Gasteiger partial charge in [-0.15, -0.1) is 11.8 Å². The van der Waals surface area contributed by atoms with Crippen LogP contribution in [0.25, 0.3) is 0 Å². The van der Waals surface area contributed by atoms with Gasteiger partial charge in [0.05, 0.1) is 23.8 Å². The molecule has 0 aromatic heterocycles. The van der Waals surface area contributed by atoms with Crippen LogP contribution in [0.3, 0.4) is 0 Å². The number of methoxy groups -OCH3 is 1. The molecule has 0 unspecified atom stereocenters. The highest BCUT2D eigenvalue weighted by Crippen LogP contribution is 2.36. The van der Waals surface area contributed by atoms with Crippen LogP contribution in [-0.2, 0) is 4.79 Å². The van der Waals surface area contributed by atoms with Gasteiger partial charge in [0.2, 0.25) is 5.91 Å². The molecule has 0 fully saturated rings. The van der Waals surface area contributed by atoms with Crippen LogP contribution in [0.4, 0.5) is 0 Å². The molecule has 1 heterocycles. The molecule has 1 atom stereocenters. The minimum atomic E-state index is -0.172. The summed E-state index contributed by atoms with van der Waals surface area (Å²) < 4.78 is 5.16. The molecule has 116 valence electrons. The van der Waals surface area contributed by atoms with Crippen molar-refractivity contribution in [1.82, 2.24) is 5.32 Å². The van der Waals surface area contributed by atoms with Gasteiger partial charge in [0, 0.05) is 12.3 Å². The third-order valence-electron chi connectivity index (χ3n) is 3.62. The van der Waals surface area contributed by atoms with Gasteiger partial charge in [0.15, 0.2) is 0 Å². The molecule has 2 rings (SSSR count). The molecule has 0 saturated heterocycles. The van der Waals surface area contributed by atoms with Crippen LogP contribution in [0, 0.1) is 11.3 Å². The van der Waals surface area contributed by atoms with Crippen LogP contribution in [0.2, 0.25) is 0 Å². The average molecular weight is 316 g/mol. The number of ether oxygens (including phenoxy) is 1. The summed E-state index contributed by atoms with van der Waals surface area (Å²) in [5.41, 5.74) is 1.63. The summed E-state index contributed by atoms with van der Waals surface area (Å²) >= 11 is 1.56. The third kappa shape index (κ3) is 3.83. The molecular weight excluding hydrogens is 296 g/mol. The Morgan fingerprint density at radius 1 is 1.41 bits per heavy atom. The molecule has 0 aliphatic carbocycles. The Balaban J connectivity index is 2.29. The molecule has 1 aliphatic heterocycles. The first-order valence-corrected chi connectivity index (χ1v) is 8.39. The number of hydrogen-bond acceptors (Lipinski definition) is 4. The van der Waals surface area contributed by atoms with Crippen molar-refractivity contribution in [2.24, 2.45) is 0 Å². The highest BCUT2D eigenvalue weighted by molar-refractivity contribution is 8.03. The van der Waals surface area contributed by atoms with Crippen molar-refractivity contribution in [2.45, 2.75) is 32.1 Å². The summed E-state index contributed by atoms with van der Waals surface area (Å²) in [5, 5.41) is 13.1. The molecule has 0 radical (unpaired) electrons. The molecule has 0 saturated carbocycles. The summed E-state index contributed by atoms with van der Waals surface area (Å²) in [7, 11) is 1.62. The number of allylic oxidation sites excluding steroid dienone is 1. The number of carbonyl (C=O) groups is 1. The van der Waals surface area contributed by atoms with Gasteiger partial charge in [0.1, 0.15) is 5.75 Å². The highest BCUT2D eigenvalue weighted by Gasteiger charge is 2.29. The number of amides is 1. The molecule has 0 bridgehead atoms. The number of benzene rings is 1. The van der Waals surface area contributed by atoms with Crippen LogP contribution < -0.4 is 10.1 Å². The van der Waals surface area contributed by atoms with E-state index in [-0.39, 0.29) is 11.8 Å². The number of unbranched alkanes of at least 4 members (excludes halogenated alkanes) is 1. The second-order valence-corrected chi connectivity index (χ2v) is 6.24. The van der Waals surface area contributed by atoms with Gasteiger partial charge in [0.25, 0.3) is 0 Å². The molecule has 1 aromatic rings. The largest absolute Gasteiger partial charge is 0.497 e. The van der Waals surface area contributed by atoms with E-state index in [4.69, 9.17) is 4.74 Å². The fourth-order valence-electron chi connectivity index (χ4n) is 2.37. The predicted molar refractivity (Wildman–Crippen MR) is 88.5 cm³/mol. The van der Waals surface area contributed by atoms with E-state index < -0.39 is 0 Å². The Kier molecular flexibility index (Phi) is 5.91. The van der Waals surface area contributed by atoms with E-state index in [9.17, 15) is 10.1 Å². The first kappa shape index (κ1) is 16.4.